The van der Waals surface area contributed by atoms with Crippen molar-refractivity contribution in [1.82, 2.24) is 9.55 Å². The molecule has 0 amide bonds. The molecule has 0 aliphatic carbocycles. The van der Waals surface area contributed by atoms with E-state index < -0.39 is 0 Å². The average Bonchev–Trinajstić information content (AvgIpc) is 2.47. The van der Waals surface area contributed by atoms with Crippen LogP contribution in [0.2, 0.25) is 0 Å². The maximum atomic E-state index is 11.8. The van der Waals surface area contributed by atoms with E-state index >= 15 is 0 Å². The van der Waals surface area contributed by atoms with Crippen molar-refractivity contribution in [3.05, 3.63) is 40.4 Å². The van der Waals surface area contributed by atoms with Gasteiger partial charge in [-0.05, 0) is 12.1 Å². The van der Waals surface area contributed by atoms with Gasteiger partial charge < -0.3 is 0 Å². The summed E-state index contributed by atoms with van der Waals surface area (Å²) in [5, 5.41) is 0.687. The summed E-state index contributed by atoms with van der Waals surface area (Å²) in [4.78, 5) is 16.2. The number of nitrogens with zero attached hydrogens (tertiary/aromatic N) is 2. The molecule has 2 rings (SSSR count). The Morgan fingerprint density at radius 3 is 2.22 bits per heavy atom. The van der Waals surface area contributed by atoms with E-state index in [-0.39, 0.29) is 5.56 Å². The van der Waals surface area contributed by atoms with Crippen molar-refractivity contribution < 1.29 is 0 Å². The fourth-order valence-corrected chi connectivity index (χ4v) is 1.58. The molecule has 0 N–H and O–H groups in total. The first-order valence-corrected chi connectivity index (χ1v) is 6.68. The molecule has 100 valence electrons. The third kappa shape index (κ3) is 3.42. The molecule has 0 radical (unpaired) electrons. The van der Waals surface area contributed by atoms with E-state index in [0.29, 0.717) is 5.39 Å². The second-order valence-electron chi connectivity index (χ2n) is 3.26. The lowest BCUT2D eigenvalue weighted by atomic mass is 10.2. The Hall–Kier alpha value is -1.64. The van der Waals surface area contributed by atoms with Crippen molar-refractivity contribution >= 4 is 10.9 Å². The fraction of sp³-hybridized carbons (Fsp3) is 0.467. The highest BCUT2D eigenvalue weighted by Gasteiger charge is 2.04. The van der Waals surface area contributed by atoms with Gasteiger partial charge in [0.25, 0.3) is 5.56 Å². The molecular weight excluding hydrogens is 224 g/mol. The van der Waals surface area contributed by atoms with Gasteiger partial charge in [0.2, 0.25) is 0 Å². The number of hydrogen-bond acceptors (Lipinski definition) is 2. The molecule has 1 heterocycles. The number of hydrogen-bond donors (Lipinski definition) is 0. The Morgan fingerprint density at radius 2 is 1.67 bits per heavy atom. The summed E-state index contributed by atoms with van der Waals surface area (Å²) in [6.07, 6.45) is 0.774. The number of aryl methyl sites for hydroxylation is 1. The van der Waals surface area contributed by atoms with Crippen molar-refractivity contribution in [3.63, 3.8) is 0 Å². The van der Waals surface area contributed by atoms with Crippen LogP contribution in [-0.2, 0) is 13.5 Å². The van der Waals surface area contributed by atoms with Crippen molar-refractivity contribution in [3.8, 4) is 0 Å². The highest BCUT2D eigenvalue weighted by atomic mass is 16.1. The Kier molecular flexibility index (Phi) is 7.68. The lowest BCUT2D eigenvalue weighted by Crippen LogP contribution is -2.21. The predicted octanol–water partition coefficient (Wildman–Crippen LogP) is 3.55. The smallest absolute Gasteiger partial charge is 0.261 e. The molecule has 3 heteroatoms. The zero-order valence-electron chi connectivity index (χ0n) is 12.3. The highest BCUT2D eigenvalue weighted by molar-refractivity contribution is 5.77. The minimum absolute atomic E-state index is 0.0347. The molecule has 0 atom stereocenters. The standard InChI is InChI=1S/C11H12N2O.2C2H6/c1-3-10-12-9-7-5-4-6-8(9)11(14)13(10)2;2*1-2/h4-7H,3H2,1-2H3;2*1-2H3. The monoisotopic (exact) mass is 248 g/mol. The molecule has 3 nitrogen and oxygen atoms in total. The summed E-state index contributed by atoms with van der Waals surface area (Å²) in [5.41, 5.74) is 0.819. The molecule has 0 aliphatic heterocycles. The summed E-state index contributed by atoms with van der Waals surface area (Å²) in [7, 11) is 1.76. The normalized spacial score (nSPS) is 9.00. The first-order chi connectivity index (χ1) is 8.74. The Bertz CT molecular complexity index is 529. The van der Waals surface area contributed by atoms with E-state index in [1.54, 1.807) is 11.6 Å². The van der Waals surface area contributed by atoms with Crippen LogP contribution < -0.4 is 5.56 Å². The fourth-order valence-electron chi connectivity index (χ4n) is 1.58. The number of aromatic nitrogens is 2. The predicted molar refractivity (Wildman–Crippen MR) is 79.1 cm³/mol. The minimum atomic E-state index is 0.0347. The van der Waals surface area contributed by atoms with Gasteiger partial charge in [0.15, 0.2) is 0 Å². The van der Waals surface area contributed by atoms with Crippen molar-refractivity contribution in [2.24, 2.45) is 7.05 Å². The van der Waals surface area contributed by atoms with Crippen LogP contribution in [0.1, 0.15) is 40.4 Å². The number of fused-ring (bicyclic) bond motifs is 1. The minimum Gasteiger partial charge on any atom is -0.299 e. The second-order valence-corrected chi connectivity index (χ2v) is 3.26. The van der Waals surface area contributed by atoms with Gasteiger partial charge in [-0.2, -0.15) is 0 Å². The molecule has 0 saturated heterocycles. The lowest BCUT2D eigenvalue weighted by Gasteiger charge is -2.06. The first-order valence-electron chi connectivity index (χ1n) is 6.68. The number of rotatable bonds is 1. The maximum absolute atomic E-state index is 11.8. The molecule has 0 unspecified atom stereocenters. The van der Waals surface area contributed by atoms with Gasteiger partial charge in [0.1, 0.15) is 5.82 Å². The summed E-state index contributed by atoms with van der Waals surface area (Å²) < 4.78 is 1.61. The van der Waals surface area contributed by atoms with Crippen molar-refractivity contribution in [2.45, 2.75) is 41.0 Å². The SMILES string of the molecule is CC.CC.CCc1nc2ccccc2c(=O)n1C. The van der Waals surface area contributed by atoms with Crippen LogP contribution in [0.25, 0.3) is 10.9 Å². The highest BCUT2D eigenvalue weighted by Crippen LogP contribution is 2.06. The first kappa shape index (κ1) is 16.4. The van der Waals surface area contributed by atoms with E-state index in [0.717, 1.165) is 17.8 Å². The van der Waals surface area contributed by atoms with Gasteiger partial charge in [-0.15, -0.1) is 0 Å². The van der Waals surface area contributed by atoms with E-state index in [1.807, 2.05) is 58.9 Å². The molecular formula is C15H24N2O. The van der Waals surface area contributed by atoms with E-state index in [1.165, 1.54) is 0 Å². The lowest BCUT2D eigenvalue weighted by molar-refractivity contribution is 0.752. The van der Waals surface area contributed by atoms with Gasteiger partial charge in [0, 0.05) is 13.5 Å². The Morgan fingerprint density at radius 1 is 1.11 bits per heavy atom. The zero-order chi connectivity index (χ0) is 14.1. The van der Waals surface area contributed by atoms with Gasteiger partial charge >= 0.3 is 0 Å². The third-order valence-electron chi connectivity index (χ3n) is 2.39. The van der Waals surface area contributed by atoms with Gasteiger partial charge in [-0.1, -0.05) is 46.8 Å². The van der Waals surface area contributed by atoms with Crippen LogP contribution in [0.15, 0.2) is 29.1 Å². The van der Waals surface area contributed by atoms with E-state index in [2.05, 4.69) is 4.98 Å². The molecule has 0 spiro atoms. The Labute approximate surface area is 109 Å². The number of benzene rings is 1. The summed E-state index contributed by atoms with van der Waals surface area (Å²) in [6, 6.07) is 7.44. The molecule has 0 saturated carbocycles. The van der Waals surface area contributed by atoms with Crippen LogP contribution in [-0.4, -0.2) is 9.55 Å². The summed E-state index contributed by atoms with van der Waals surface area (Å²) in [6.45, 7) is 10.00. The van der Waals surface area contributed by atoms with E-state index in [4.69, 9.17) is 0 Å². The second kappa shape index (κ2) is 8.45. The quantitative estimate of drug-likeness (QED) is 0.773. The van der Waals surface area contributed by atoms with Crippen molar-refractivity contribution in [2.75, 3.05) is 0 Å². The zero-order valence-corrected chi connectivity index (χ0v) is 12.3. The molecule has 1 aromatic heterocycles. The molecule has 0 bridgehead atoms. The Balaban J connectivity index is 0.000000659. The summed E-state index contributed by atoms with van der Waals surface area (Å²) >= 11 is 0. The third-order valence-corrected chi connectivity index (χ3v) is 2.39. The van der Waals surface area contributed by atoms with Gasteiger partial charge in [0.05, 0.1) is 10.9 Å². The van der Waals surface area contributed by atoms with Crippen LogP contribution in [0, 0.1) is 0 Å². The van der Waals surface area contributed by atoms with Crippen LogP contribution in [0.3, 0.4) is 0 Å². The topological polar surface area (TPSA) is 34.9 Å². The maximum Gasteiger partial charge on any atom is 0.261 e. The van der Waals surface area contributed by atoms with Crippen molar-refractivity contribution in [1.29, 1.82) is 0 Å². The van der Waals surface area contributed by atoms with Crippen LogP contribution >= 0.6 is 0 Å². The summed E-state index contributed by atoms with van der Waals surface area (Å²) in [5.74, 6) is 0.828. The largest absolute Gasteiger partial charge is 0.299 e. The molecule has 1 aromatic carbocycles. The van der Waals surface area contributed by atoms with Gasteiger partial charge in [-0.25, -0.2) is 4.98 Å². The molecule has 2 aromatic rings. The van der Waals surface area contributed by atoms with Crippen LogP contribution in [0.5, 0.6) is 0 Å². The van der Waals surface area contributed by atoms with Gasteiger partial charge in [-0.3, -0.25) is 9.36 Å². The average molecular weight is 248 g/mol. The van der Waals surface area contributed by atoms with Crippen LogP contribution in [0.4, 0.5) is 0 Å². The number of para-hydroxylation sites is 1. The van der Waals surface area contributed by atoms with E-state index in [9.17, 15) is 4.79 Å². The molecule has 0 aliphatic rings. The molecule has 18 heavy (non-hydrogen) atoms. The molecule has 0 fully saturated rings.